The van der Waals surface area contributed by atoms with Gasteiger partial charge in [-0.25, -0.2) is 0 Å². The van der Waals surface area contributed by atoms with Crippen LogP contribution >= 0.6 is 15.4 Å². The summed E-state index contributed by atoms with van der Waals surface area (Å²) in [6.45, 7) is -0.580. The second-order valence-corrected chi connectivity index (χ2v) is 6.40. The Hall–Kier alpha value is -0.990. The number of aromatic hydroxyl groups is 1. The Kier molecular flexibility index (Phi) is 5.28. The van der Waals surface area contributed by atoms with E-state index in [1.807, 2.05) is 0 Å². The molecule has 0 bridgehead atoms. The van der Waals surface area contributed by atoms with Crippen molar-refractivity contribution in [2.75, 3.05) is 6.61 Å². The minimum atomic E-state index is -5.15. The van der Waals surface area contributed by atoms with Gasteiger partial charge in [-0.3, -0.25) is 4.79 Å². The molecule has 0 unspecified atom stereocenters. The Morgan fingerprint density at radius 3 is 2.35 bits per heavy atom. The summed E-state index contributed by atoms with van der Waals surface area (Å²) in [6.07, 6.45) is -0.427. The lowest BCUT2D eigenvalue weighted by molar-refractivity contribution is -0.341. The first-order valence-electron chi connectivity index (χ1n) is 5.08. The van der Waals surface area contributed by atoms with Gasteiger partial charge in [0.25, 0.3) is 5.56 Å². The lowest BCUT2D eigenvalue weighted by Crippen LogP contribution is -2.26. The van der Waals surface area contributed by atoms with E-state index in [0.29, 0.717) is 4.57 Å². The second kappa shape index (κ2) is 6.19. The van der Waals surface area contributed by atoms with E-state index >= 15 is 0 Å². The van der Waals surface area contributed by atoms with Crippen LogP contribution in [0.1, 0.15) is 5.56 Å². The van der Waals surface area contributed by atoms with Gasteiger partial charge in [0.15, 0.2) is 5.75 Å². The summed E-state index contributed by atoms with van der Waals surface area (Å²) < 4.78 is 25.2. The minimum Gasteiger partial charge on any atom is -0.809 e. The maximum Gasteiger partial charge on any atom is 0.293 e. The van der Waals surface area contributed by atoms with Gasteiger partial charge < -0.3 is 42.9 Å². The highest BCUT2D eigenvalue weighted by molar-refractivity contribution is 7.47. The quantitative estimate of drug-likeness (QED) is 0.527. The molecule has 0 aliphatic heterocycles. The smallest absolute Gasteiger partial charge is 0.293 e. The van der Waals surface area contributed by atoms with Crippen molar-refractivity contribution in [3.63, 3.8) is 0 Å². The zero-order valence-electron chi connectivity index (χ0n) is 9.83. The molecule has 114 valence electrons. The van der Waals surface area contributed by atoms with Crippen molar-refractivity contribution in [2.24, 2.45) is 0 Å². The monoisotopic (exact) mass is 325 g/mol. The fourth-order valence-corrected chi connectivity index (χ4v) is 2.28. The van der Waals surface area contributed by atoms with Gasteiger partial charge in [0, 0.05) is 18.2 Å². The van der Waals surface area contributed by atoms with Gasteiger partial charge in [-0.1, -0.05) is 0 Å². The standard InChI is InChI=1S/C8H13NO9P2/c10-7-6(2-4-18-20(15,16)17)1-3-9(8(7)11)5-19(12,13)14/h1,3,10H,2,4-5H2,(H2,12,13,14)(H2,15,16,17)/p-4. The van der Waals surface area contributed by atoms with E-state index in [0.717, 1.165) is 12.3 Å². The minimum absolute atomic E-state index is 0.0497. The Morgan fingerprint density at radius 2 is 1.85 bits per heavy atom. The van der Waals surface area contributed by atoms with Gasteiger partial charge >= 0.3 is 0 Å². The van der Waals surface area contributed by atoms with Gasteiger partial charge in [-0.15, -0.1) is 0 Å². The molecule has 0 atom stereocenters. The molecule has 1 rings (SSSR count). The van der Waals surface area contributed by atoms with Crippen LogP contribution in [-0.2, 0) is 26.4 Å². The van der Waals surface area contributed by atoms with Gasteiger partial charge in [0.2, 0.25) is 0 Å². The number of hydrogen-bond acceptors (Lipinski definition) is 9. The summed E-state index contributed by atoms with van der Waals surface area (Å²) in [7, 11) is -10.1. The average Bonchev–Trinajstić information content (AvgIpc) is 2.25. The Bertz CT molecular complexity index is 627. The third-order valence-corrected chi connectivity index (χ3v) is 3.32. The normalized spacial score (nSPS) is 12.6. The van der Waals surface area contributed by atoms with Crippen LogP contribution in [0.3, 0.4) is 0 Å². The predicted octanol–water partition coefficient (Wildman–Crippen LogP) is -3.19. The number of phosphoric acid groups is 1. The van der Waals surface area contributed by atoms with Crippen LogP contribution in [-0.4, -0.2) is 16.3 Å². The molecular formula is C8H9NO9P2-4. The number of nitrogens with zero attached hydrogens (tertiary/aromatic N) is 1. The highest BCUT2D eigenvalue weighted by atomic mass is 31.2. The molecule has 0 fully saturated rings. The third-order valence-electron chi connectivity index (χ3n) is 2.17. The number of hydrogen-bond donors (Lipinski definition) is 1. The van der Waals surface area contributed by atoms with E-state index < -0.39 is 39.6 Å². The van der Waals surface area contributed by atoms with Gasteiger partial charge in [0.1, 0.15) is 0 Å². The molecule has 0 spiro atoms. The van der Waals surface area contributed by atoms with Crippen LogP contribution in [0.5, 0.6) is 5.75 Å². The summed E-state index contributed by atoms with van der Waals surface area (Å²) in [4.78, 5) is 53.0. The Morgan fingerprint density at radius 1 is 1.25 bits per heavy atom. The number of phosphoric ester groups is 1. The van der Waals surface area contributed by atoms with E-state index in [-0.39, 0.29) is 12.0 Å². The summed E-state index contributed by atoms with van der Waals surface area (Å²) in [5.41, 5.74) is -1.17. The zero-order chi connectivity index (χ0) is 15.6. The predicted molar refractivity (Wildman–Crippen MR) is 57.2 cm³/mol. The second-order valence-electron chi connectivity index (χ2n) is 3.75. The van der Waals surface area contributed by atoms with Crippen LogP contribution in [0.15, 0.2) is 17.1 Å². The zero-order valence-corrected chi connectivity index (χ0v) is 11.6. The molecule has 0 aliphatic rings. The van der Waals surface area contributed by atoms with Crippen molar-refractivity contribution < 1.29 is 38.3 Å². The van der Waals surface area contributed by atoms with E-state index in [4.69, 9.17) is 0 Å². The van der Waals surface area contributed by atoms with E-state index in [2.05, 4.69) is 4.52 Å². The van der Waals surface area contributed by atoms with Gasteiger partial charge in [-0.2, -0.15) is 0 Å². The maximum absolute atomic E-state index is 11.5. The molecule has 0 saturated heterocycles. The largest absolute Gasteiger partial charge is 0.809 e. The van der Waals surface area contributed by atoms with E-state index in [1.165, 1.54) is 0 Å². The van der Waals surface area contributed by atoms with Crippen molar-refractivity contribution in [3.05, 3.63) is 28.2 Å². The molecule has 1 aromatic rings. The molecule has 0 aliphatic carbocycles. The third kappa shape index (κ3) is 5.56. The van der Waals surface area contributed by atoms with Crippen molar-refractivity contribution in [2.45, 2.75) is 12.7 Å². The molecule has 0 radical (unpaired) electrons. The van der Waals surface area contributed by atoms with E-state index in [1.54, 1.807) is 0 Å². The van der Waals surface area contributed by atoms with Crippen LogP contribution in [0.4, 0.5) is 0 Å². The van der Waals surface area contributed by atoms with Crippen molar-refractivity contribution >= 4 is 15.4 Å². The van der Waals surface area contributed by atoms with Gasteiger partial charge in [-0.05, 0) is 13.7 Å². The lowest BCUT2D eigenvalue weighted by Gasteiger charge is -2.30. The van der Waals surface area contributed by atoms with Crippen molar-refractivity contribution in [3.8, 4) is 5.75 Å². The molecule has 1 N–H and O–H groups in total. The molecule has 10 nitrogen and oxygen atoms in total. The lowest BCUT2D eigenvalue weighted by atomic mass is 10.2. The number of pyridine rings is 1. The fourth-order valence-electron chi connectivity index (χ4n) is 1.37. The number of rotatable bonds is 6. The molecule has 12 heteroatoms. The Balaban J connectivity index is 2.87. The summed E-state index contributed by atoms with van der Waals surface area (Å²) in [5, 5.41) is 9.50. The molecule has 1 heterocycles. The highest BCUT2D eigenvalue weighted by Gasteiger charge is 2.09. The number of aromatic nitrogens is 1. The molecular weight excluding hydrogens is 316 g/mol. The summed E-state index contributed by atoms with van der Waals surface area (Å²) in [5.74, 6) is -0.851. The fraction of sp³-hybridized carbons (Fsp3) is 0.375. The first kappa shape index (κ1) is 17.1. The molecule has 0 amide bonds. The highest BCUT2D eigenvalue weighted by Crippen LogP contribution is 2.26. The first-order chi connectivity index (χ1) is 8.99. The van der Waals surface area contributed by atoms with Crippen LogP contribution < -0.4 is 25.1 Å². The summed E-state index contributed by atoms with van der Waals surface area (Å²) >= 11 is 0. The molecule has 0 aromatic carbocycles. The Labute approximate surface area is 112 Å². The topological polar surface area (TPSA) is 178 Å². The first-order valence-corrected chi connectivity index (χ1v) is 8.27. The molecule has 0 saturated carbocycles. The summed E-state index contributed by atoms with van der Waals surface area (Å²) in [6, 6.07) is 1.11. The molecule has 20 heavy (non-hydrogen) atoms. The molecule has 1 aromatic heterocycles. The maximum atomic E-state index is 11.5. The van der Waals surface area contributed by atoms with Gasteiger partial charge in [0.05, 0.1) is 20.7 Å². The van der Waals surface area contributed by atoms with Crippen LogP contribution in [0, 0.1) is 0 Å². The van der Waals surface area contributed by atoms with Crippen molar-refractivity contribution in [1.29, 1.82) is 0 Å². The SMILES string of the molecule is O=c1c(O)c(CCOP(=O)([O-])[O-])ccn1CP(=O)([O-])[O-]. The van der Waals surface area contributed by atoms with E-state index in [9.17, 15) is 38.6 Å². The van der Waals surface area contributed by atoms with Crippen LogP contribution in [0.25, 0.3) is 0 Å². The average molecular weight is 325 g/mol. The van der Waals surface area contributed by atoms with Crippen molar-refractivity contribution in [1.82, 2.24) is 4.57 Å². The van der Waals surface area contributed by atoms with Crippen LogP contribution in [0.2, 0.25) is 0 Å².